The summed E-state index contributed by atoms with van der Waals surface area (Å²) in [5, 5.41) is 0. The Balaban J connectivity index is 1.66. The number of ether oxygens (including phenoxy) is 2. The van der Waals surface area contributed by atoms with Gasteiger partial charge in [0.15, 0.2) is 0 Å². The number of rotatable bonds is 7. The molecule has 104 valence electrons. The molecule has 1 heterocycles. The molecule has 0 amide bonds. The van der Waals surface area contributed by atoms with Crippen LogP contribution in [0.4, 0.5) is 0 Å². The summed E-state index contributed by atoms with van der Waals surface area (Å²) in [6, 6.07) is 0. The predicted octanol–water partition coefficient (Wildman–Crippen LogP) is 3.31. The van der Waals surface area contributed by atoms with Crippen molar-refractivity contribution in [3.05, 3.63) is 0 Å². The van der Waals surface area contributed by atoms with Crippen molar-refractivity contribution in [1.82, 2.24) is 0 Å². The topological polar surface area (TPSA) is 38.8 Å². The number of unbranched alkanes of at least 4 members (excludes halogenated alkanes) is 1. The molecule has 1 aliphatic heterocycles. The van der Waals surface area contributed by atoms with Crippen molar-refractivity contribution < 1.29 is 14.3 Å². The molecule has 0 bridgehead atoms. The molecule has 0 aromatic rings. The average Bonchev–Trinajstić information content (AvgIpc) is 3.16. The highest BCUT2D eigenvalue weighted by atomic mass is 16.6. The summed E-state index contributed by atoms with van der Waals surface area (Å²) in [5.74, 6) is 0.652. The average molecular weight is 254 g/mol. The summed E-state index contributed by atoms with van der Waals surface area (Å²) in [5.41, 5.74) is 0. The van der Waals surface area contributed by atoms with E-state index in [4.69, 9.17) is 9.47 Å². The number of carbonyl (C=O) groups is 1. The van der Waals surface area contributed by atoms with Crippen molar-refractivity contribution in [2.75, 3.05) is 6.61 Å². The lowest BCUT2D eigenvalue weighted by Gasteiger charge is -2.20. The van der Waals surface area contributed by atoms with Crippen LogP contribution >= 0.6 is 0 Å². The van der Waals surface area contributed by atoms with E-state index in [0.29, 0.717) is 24.7 Å². The van der Waals surface area contributed by atoms with Crippen LogP contribution in [0.5, 0.6) is 0 Å². The molecular formula is C15H26O3. The molecule has 4 atom stereocenters. The van der Waals surface area contributed by atoms with Crippen LogP contribution in [-0.2, 0) is 14.3 Å². The molecule has 2 fully saturated rings. The minimum Gasteiger partial charge on any atom is -0.465 e. The Hall–Kier alpha value is -0.570. The van der Waals surface area contributed by atoms with Gasteiger partial charge in [0.1, 0.15) is 0 Å². The normalized spacial score (nSPS) is 31.6. The zero-order valence-electron chi connectivity index (χ0n) is 11.7. The second-order valence-electron chi connectivity index (χ2n) is 5.77. The first-order valence-electron chi connectivity index (χ1n) is 7.56. The first-order chi connectivity index (χ1) is 8.74. The van der Waals surface area contributed by atoms with E-state index >= 15 is 0 Å². The number of hydrogen-bond acceptors (Lipinski definition) is 3. The summed E-state index contributed by atoms with van der Waals surface area (Å²) < 4.78 is 11.0. The number of carbonyl (C=O) groups excluding carboxylic acids is 1. The maximum Gasteiger partial charge on any atom is 0.309 e. The van der Waals surface area contributed by atoms with Gasteiger partial charge in [0.05, 0.1) is 24.7 Å². The first kappa shape index (κ1) is 13.9. The molecule has 18 heavy (non-hydrogen) atoms. The van der Waals surface area contributed by atoms with Gasteiger partial charge < -0.3 is 9.47 Å². The Morgan fingerprint density at radius 1 is 1.33 bits per heavy atom. The highest BCUT2D eigenvalue weighted by Gasteiger charge is 2.46. The molecular weight excluding hydrogens is 228 g/mol. The molecule has 0 radical (unpaired) electrons. The molecule has 1 saturated heterocycles. The fraction of sp³-hybridized carbons (Fsp3) is 0.933. The largest absolute Gasteiger partial charge is 0.465 e. The third-order valence-electron chi connectivity index (χ3n) is 4.34. The van der Waals surface area contributed by atoms with E-state index in [0.717, 1.165) is 25.7 Å². The van der Waals surface area contributed by atoms with Crippen molar-refractivity contribution >= 4 is 5.97 Å². The third kappa shape index (κ3) is 3.71. The SMILES string of the molecule is CCCC[C@H](CC)COC(=O)[C@@H]1CC[C@@H]2O[C@@H]2C1. The number of epoxide rings is 1. The van der Waals surface area contributed by atoms with Gasteiger partial charge in [-0.1, -0.05) is 33.1 Å². The highest BCUT2D eigenvalue weighted by molar-refractivity contribution is 5.72. The minimum absolute atomic E-state index is 0.0129. The van der Waals surface area contributed by atoms with Crippen LogP contribution in [0.15, 0.2) is 0 Å². The van der Waals surface area contributed by atoms with Crippen LogP contribution < -0.4 is 0 Å². The molecule has 0 unspecified atom stereocenters. The molecule has 1 saturated carbocycles. The summed E-state index contributed by atoms with van der Waals surface area (Å²) in [4.78, 5) is 12.0. The lowest BCUT2D eigenvalue weighted by Crippen LogP contribution is -2.25. The van der Waals surface area contributed by atoms with Gasteiger partial charge in [0, 0.05) is 0 Å². The molecule has 0 aromatic heterocycles. The smallest absolute Gasteiger partial charge is 0.309 e. The quantitative estimate of drug-likeness (QED) is 0.517. The highest BCUT2D eigenvalue weighted by Crippen LogP contribution is 2.39. The van der Waals surface area contributed by atoms with Crippen LogP contribution in [0.3, 0.4) is 0 Å². The van der Waals surface area contributed by atoms with E-state index in [1.807, 2.05) is 0 Å². The zero-order valence-corrected chi connectivity index (χ0v) is 11.7. The Morgan fingerprint density at radius 3 is 2.83 bits per heavy atom. The molecule has 0 aromatic carbocycles. The first-order valence-corrected chi connectivity index (χ1v) is 7.56. The molecule has 2 rings (SSSR count). The summed E-state index contributed by atoms with van der Waals surface area (Å²) >= 11 is 0. The van der Waals surface area contributed by atoms with Crippen LogP contribution in [0.25, 0.3) is 0 Å². The number of hydrogen-bond donors (Lipinski definition) is 0. The molecule has 0 spiro atoms. The van der Waals surface area contributed by atoms with E-state index in [2.05, 4.69) is 13.8 Å². The van der Waals surface area contributed by atoms with Gasteiger partial charge in [-0.3, -0.25) is 4.79 Å². The second kappa shape index (κ2) is 6.55. The molecule has 0 N–H and O–H groups in total. The van der Waals surface area contributed by atoms with Gasteiger partial charge in [0.25, 0.3) is 0 Å². The van der Waals surface area contributed by atoms with Gasteiger partial charge in [0.2, 0.25) is 0 Å². The van der Waals surface area contributed by atoms with E-state index in [9.17, 15) is 4.79 Å². The molecule has 3 heteroatoms. The van der Waals surface area contributed by atoms with E-state index in [-0.39, 0.29) is 11.9 Å². The van der Waals surface area contributed by atoms with Gasteiger partial charge in [-0.15, -0.1) is 0 Å². The number of esters is 1. The van der Waals surface area contributed by atoms with Crippen molar-refractivity contribution in [2.45, 2.75) is 71.0 Å². The van der Waals surface area contributed by atoms with Crippen LogP contribution in [-0.4, -0.2) is 24.8 Å². The maximum absolute atomic E-state index is 12.0. The van der Waals surface area contributed by atoms with Gasteiger partial charge in [-0.25, -0.2) is 0 Å². The van der Waals surface area contributed by atoms with Crippen LogP contribution in [0.2, 0.25) is 0 Å². The Morgan fingerprint density at radius 2 is 2.17 bits per heavy atom. The van der Waals surface area contributed by atoms with Gasteiger partial charge in [-0.2, -0.15) is 0 Å². The van der Waals surface area contributed by atoms with Crippen molar-refractivity contribution in [2.24, 2.45) is 11.8 Å². The number of fused-ring (bicyclic) bond motifs is 1. The van der Waals surface area contributed by atoms with Crippen molar-refractivity contribution in [3.63, 3.8) is 0 Å². The van der Waals surface area contributed by atoms with E-state index in [1.54, 1.807) is 0 Å². The maximum atomic E-state index is 12.0. The van der Waals surface area contributed by atoms with Crippen LogP contribution in [0, 0.1) is 11.8 Å². The van der Waals surface area contributed by atoms with E-state index in [1.165, 1.54) is 19.3 Å². The molecule has 3 nitrogen and oxygen atoms in total. The van der Waals surface area contributed by atoms with Crippen molar-refractivity contribution in [3.8, 4) is 0 Å². The molecule has 2 aliphatic rings. The van der Waals surface area contributed by atoms with Gasteiger partial charge >= 0.3 is 5.97 Å². The Kier molecular flexibility index (Phi) is 5.04. The van der Waals surface area contributed by atoms with E-state index < -0.39 is 0 Å². The Labute approximate surface area is 110 Å². The van der Waals surface area contributed by atoms with Crippen LogP contribution in [0.1, 0.15) is 58.8 Å². The fourth-order valence-electron chi connectivity index (χ4n) is 2.83. The fourth-order valence-corrected chi connectivity index (χ4v) is 2.83. The summed E-state index contributed by atoms with van der Waals surface area (Å²) in [7, 11) is 0. The predicted molar refractivity (Wildman–Crippen MR) is 70.3 cm³/mol. The van der Waals surface area contributed by atoms with Gasteiger partial charge in [-0.05, 0) is 31.6 Å². The third-order valence-corrected chi connectivity index (χ3v) is 4.34. The molecule has 1 aliphatic carbocycles. The van der Waals surface area contributed by atoms with Crippen molar-refractivity contribution in [1.29, 1.82) is 0 Å². The summed E-state index contributed by atoms with van der Waals surface area (Å²) in [6.45, 7) is 4.99. The Bertz CT molecular complexity index is 277. The lowest BCUT2D eigenvalue weighted by molar-refractivity contribution is -0.151. The zero-order chi connectivity index (χ0) is 13.0. The standard InChI is InChI=1S/C15H26O3/c1-3-5-6-11(4-2)10-17-15(16)12-7-8-13-14(9-12)18-13/h11-14H,3-10H2,1-2H3/t11-,12+,13-,14+/m0/s1. The minimum atomic E-state index is 0.0129. The lowest BCUT2D eigenvalue weighted by atomic mass is 9.89. The summed E-state index contributed by atoms with van der Waals surface area (Å²) in [6.07, 6.45) is 8.42. The second-order valence-corrected chi connectivity index (χ2v) is 5.77. The monoisotopic (exact) mass is 254 g/mol.